The summed E-state index contributed by atoms with van der Waals surface area (Å²) in [6.07, 6.45) is 4.56. The number of benzene rings is 1. The molecule has 0 amide bonds. The van der Waals surface area contributed by atoms with Crippen LogP contribution in [0.25, 0.3) is 21.6 Å². The minimum Gasteiger partial charge on any atom is -0.493 e. The second kappa shape index (κ2) is 9.12. The lowest BCUT2D eigenvalue weighted by atomic mass is 9.92. The predicted molar refractivity (Wildman–Crippen MR) is 126 cm³/mol. The van der Waals surface area contributed by atoms with Crippen molar-refractivity contribution in [2.24, 2.45) is 0 Å². The van der Waals surface area contributed by atoms with Crippen molar-refractivity contribution < 1.29 is 23.4 Å². The lowest BCUT2D eigenvalue weighted by molar-refractivity contribution is -0.166. The molecule has 1 aliphatic rings. The molecule has 1 aromatic carbocycles. The van der Waals surface area contributed by atoms with Gasteiger partial charge < -0.3 is 18.6 Å². The number of esters is 1. The van der Waals surface area contributed by atoms with Crippen molar-refractivity contribution in [2.75, 3.05) is 13.2 Å². The summed E-state index contributed by atoms with van der Waals surface area (Å²) in [5.74, 6) is 0.566. The van der Waals surface area contributed by atoms with Crippen molar-refractivity contribution in [1.29, 1.82) is 0 Å². The number of ether oxygens (including phenoxy) is 3. The number of hydrogen-bond donors (Lipinski definition) is 0. The molecule has 5 nitrogen and oxygen atoms in total. The lowest BCUT2D eigenvalue weighted by Gasteiger charge is -2.27. The molecular weight excluding hydrogens is 424 g/mol. The van der Waals surface area contributed by atoms with Crippen LogP contribution in [0.4, 0.5) is 0 Å². The van der Waals surface area contributed by atoms with E-state index in [0.29, 0.717) is 6.61 Å². The second-order valence-electron chi connectivity index (χ2n) is 8.92. The molecule has 32 heavy (non-hydrogen) atoms. The predicted octanol–water partition coefficient (Wildman–Crippen LogP) is 6.73. The average Bonchev–Trinajstić information content (AvgIpc) is 3.39. The first-order chi connectivity index (χ1) is 15.3. The molecule has 0 saturated heterocycles. The van der Waals surface area contributed by atoms with Gasteiger partial charge in [-0.3, -0.25) is 0 Å². The Kier molecular flexibility index (Phi) is 6.45. The lowest BCUT2D eigenvalue weighted by Crippen LogP contribution is -2.29. The van der Waals surface area contributed by atoms with Crippen LogP contribution in [0.3, 0.4) is 0 Å². The highest BCUT2D eigenvalue weighted by Gasteiger charge is 2.35. The first kappa shape index (κ1) is 22.6. The number of thiophene rings is 1. The SMILES string of the molecule is CCOC(=O)C(OC(C)(C)C)c1c(C)sc(-c2ccoc2)c1-c1ccc2c(c1)CCCO2. The normalized spacial score (nSPS) is 14.5. The molecule has 3 aromatic rings. The molecule has 0 saturated carbocycles. The fourth-order valence-corrected chi connectivity index (χ4v) is 5.26. The molecule has 0 radical (unpaired) electrons. The van der Waals surface area contributed by atoms with Crippen molar-refractivity contribution in [3.05, 3.63) is 52.8 Å². The van der Waals surface area contributed by atoms with Crippen LogP contribution >= 0.6 is 11.3 Å². The summed E-state index contributed by atoms with van der Waals surface area (Å²) < 4.78 is 23.0. The van der Waals surface area contributed by atoms with E-state index in [2.05, 4.69) is 12.1 Å². The van der Waals surface area contributed by atoms with E-state index in [4.69, 9.17) is 18.6 Å². The van der Waals surface area contributed by atoms with E-state index >= 15 is 0 Å². The van der Waals surface area contributed by atoms with Gasteiger partial charge in [-0.2, -0.15) is 0 Å². The van der Waals surface area contributed by atoms with E-state index in [1.807, 2.05) is 46.8 Å². The Balaban J connectivity index is 1.93. The fourth-order valence-electron chi connectivity index (χ4n) is 4.07. The highest BCUT2D eigenvalue weighted by atomic mass is 32.1. The highest BCUT2D eigenvalue weighted by Crippen LogP contribution is 2.48. The first-order valence-corrected chi connectivity index (χ1v) is 11.9. The van der Waals surface area contributed by atoms with Crippen molar-refractivity contribution in [1.82, 2.24) is 0 Å². The molecule has 1 atom stereocenters. The number of carbonyl (C=O) groups excluding carboxylic acids is 1. The molecule has 0 bridgehead atoms. The van der Waals surface area contributed by atoms with Gasteiger partial charge in [-0.25, -0.2) is 4.79 Å². The van der Waals surface area contributed by atoms with Crippen LogP contribution < -0.4 is 4.74 Å². The Morgan fingerprint density at radius 2 is 2.03 bits per heavy atom. The first-order valence-electron chi connectivity index (χ1n) is 11.0. The summed E-state index contributed by atoms with van der Waals surface area (Å²) in [6.45, 7) is 10.8. The standard InChI is InChI=1S/C26H30O5S/c1-6-29-25(27)23(31-26(3,4)5)21-16(2)32-24(19-11-13-28-15-19)22(21)18-9-10-20-17(14-18)8-7-12-30-20/h9-11,13-15,23H,6-8,12H2,1-5H3. The van der Waals surface area contributed by atoms with E-state index in [1.54, 1.807) is 23.9 Å². The summed E-state index contributed by atoms with van der Waals surface area (Å²) in [5, 5.41) is 0. The van der Waals surface area contributed by atoms with Crippen LogP contribution in [-0.2, 0) is 20.7 Å². The number of hydrogen-bond acceptors (Lipinski definition) is 6. The summed E-state index contributed by atoms with van der Waals surface area (Å²) >= 11 is 1.64. The number of rotatable bonds is 6. The van der Waals surface area contributed by atoms with E-state index in [-0.39, 0.29) is 5.97 Å². The Morgan fingerprint density at radius 3 is 2.72 bits per heavy atom. The van der Waals surface area contributed by atoms with Crippen LogP contribution in [-0.4, -0.2) is 24.8 Å². The second-order valence-corrected chi connectivity index (χ2v) is 10.1. The smallest absolute Gasteiger partial charge is 0.340 e. The maximum Gasteiger partial charge on any atom is 0.340 e. The third kappa shape index (κ3) is 4.62. The van der Waals surface area contributed by atoms with Crippen LogP contribution in [0.1, 0.15) is 56.2 Å². The molecule has 0 spiro atoms. The monoisotopic (exact) mass is 454 g/mol. The van der Waals surface area contributed by atoms with Gasteiger partial charge in [0.15, 0.2) is 6.10 Å². The van der Waals surface area contributed by atoms with Crippen LogP contribution in [0.15, 0.2) is 41.2 Å². The van der Waals surface area contributed by atoms with Crippen molar-refractivity contribution >= 4 is 17.3 Å². The zero-order valence-corrected chi connectivity index (χ0v) is 20.1. The van der Waals surface area contributed by atoms with Gasteiger partial charge in [0.1, 0.15) is 5.75 Å². The zero-order valence-electron chi connectivity index (χ0n) is 19.3. The summed E-state index contributed by atoms with van der Waals surface area (Å²) in [7, 11) is 0. The molecule has 0 fully saturated rings. The minimum absolute atomic E-state index is 0.298. The van der Waals surface area contributed by atoms with Gasteiger partial charge >= 0.3 is 5.97 Å². The Morgan fingerprint density at radius 1 is 1.22 bits per heavy atom. The molecule has 170 valence electrons. The minimum atomic E-state index is -0.825. The van der Waals surface area contributed by atoms with Gasteiger partial charge in [0.25, 0.3) is 0 Å². The molecule has 1 aliphatic heterocycles. The largest absolute Gasteiger partial charge is 0.493 e. The third-order valence-electron chi connectivity index (χ3n) is 5.35. The molecule has 1 unspecified atom stereocenters. The Labute approximate surface area is 193 Å². The van der Waals surface area contributed by atoms with Gasteiger partial charge in [-0.15, -0.1) is 11.3 Å². The van der Waals surface area contributed by atoms with Gasteiger partial charge in [-0.1, -0.05) is 6.07 Å². The van der Waals surface area contributed by atoms with Gasteiger partial charge in [0.2, 0.25) is 0 Å². The third-order valence-corrected chi connectivity index (χ3v) is 6.52. The number of aryl methyl sites for hydroxylation is 2. The molecule has 0 N–H and O–H groups in total. The Bertz CT molecular complexity index is 1090. The zero-order chi connectivity index (χ0) is 22.9. The highest BCUT2D eigenvalue weighted by molar-refractivity contribution is 7.16. The quantitative estimate of drug-likeness (QED) is 0.387. The Hall–Kier alpha value is -2.57. The van der Waals surface area contributed by atoms with Crippen LogP contribution in [0.2, 0.25) is 0 Å². The summed E-state index contributed by atoms with van der Waals surface area (Å²) in [6, 6.07) is 8.23. The summed E-state index contributed by atoms with van der Waals surface area (Å²) in [4.78, 5) is 15.2. The molecule has 0 aliphatic carbocycles. The van der Waals surface area contributed by atoms with E-state index in [9.17, 15) is 4.79 Å². The van der Waals surface area contributed by atoms with Crippen LogP contribution in [0.5, 0.6) is 5.75 Å². The van der Waals surface area contributed by atoms with Crippen molar-refractivity contribution in [3.63, 3.8) is 0 Å². The van der Waals surface area contributed by atoms with E-state index in [0.717, 1.165) is 57.2 Å². The summed E-state index contributed by atoms with van der Waals surface area (Å²) in [5.41, 5.74) is 4.53. The molecule has 2 aromatic heterocycles. The van der Waals surface area contributed by atoms with E-state index in [1.165, 1.54) is 5.56 Å². The number of carbonyl (C=O) groups is 1. The number of furan rings is 1. The topological polar surface area (TPSA) is 57.9 Å². The van der Waals surface area contributed by atoms with E-state index < -0.39 is 11.7 Å². The average molecular weight is 455 g/mol. The maximum absolute atomic E-state index is 13.1. The molecule has 4 rings (SSSR count). The van der Waals surface area contributed by atoms with Crippen LogP contribution in [0, 0.1) is 6.92 Å². The number of fused-ring (bicyclic) bond motifs is 1. The van der Waals surface area contributed by atoms with Crippen molar-refractivity contribution in [2.45, 2.75) is 59.2 Å². The van der Waals surface area contributed by atoms with Gasteiger partial charge in [-0.05, 0) is 76.8 Å². The van der Waals surface area contributed by atoms with Gasteiger partial charge in [0.05, 0.1) is 31.3 Å². The fraction of sp³-hybridized carbons (Fsp3) is 0.423. The van der Waals surface area contributed by atoms with Gasteiger partial charge in [0, 0.05) is 26.4 Å². The molecule has 6 heteroatoms. The maximum atomic E-state index is 13.1. The van der Waals surface area contributed by atoms with Crippen molar-refractivity contribution in [3.8, 4) is 27.3 Å². The molecular formula is C26H30O5S. The molecule has 3 heterocycles.